The van der Waals surface area contributed by atoms with E-state index in [1.54, 1.807) is 11.3 Å². The molecule has 0 saturated heterocycles. The molecule has 0 aliphatic heterocycles. The number of amides is 1. The molecule has 0 aliphatic carbocycles. The summed E-state index contributed by atoms with van der Waals surface area (Å²) in [6, 6.07) is 18.1. The average molecular weight is 376 g/mol. The van der Waals surface area contributed by atoms with Crippen LogP contribution < -0.4 is 5.32 Å². The van der Waals surface area contributed by atoms with Gasteiger partial charge in [0.25, 0.3) is 0 Å². The number of nitrogens with zero attached hydrogens (tertiary/aromatic N) is 1. The Kier molecular flexibility index (Phi) is 5.03. The van der Waals surface area contributed by atoms with Gasteiger partial charge in [0, 0.05) is 16.8 Å². The summed E-state index contributed by atoms with van der Waals surface area (Å²) in [5, 5.41) is 6.44. The Morgan fingerprint density at radius 3 is 2.74 bits per heavy atom. The van der Waals surface area contributed by atoms with Gasteiger partial charge in [-0.3, -0.25) is 4.79 Å². The van der Waals surface area contributed by atoms with Crippen molar-refractivity contribution in [3.63, 3.8) is 0 Å². The van der Waals surface area contributed by atoms with Crippen molar-refractivity contribution in [3.05, 3.63) is 77.0 Å². The first kappa shape index (κ1) is 17.5. The van der Waals surface area contributed by atoms with Crippen LogP contribution in [-0.4, -0.2) is 17.4 Å². The molecule has 2 aromatic heterocycles. The third-order valence-corrected chi connectivity index (χ3v) is 5.53. The van der Waals surface area contributed by atoms with Gasteiger partial charge >= 0.3 is 0 Å². The topological polar surface area (TPSA) is 55.1 Å². The number of aryl methyl sites for hydroxylation is 1. The van der Waals surface area contributed by atoms with Crippen molar-refractivity contribution in [1.29, 1.82) is 0 Å². The minimum atomic E-state index is -0.0365. The van der Waals surface area contributed by atoms with Crippen LogP contribution in [0.15, 0.2) is 64.4 Å². The van der Waals surface area contributed by atoms with Gasteiger partial charge in [-0.1, -0.05) is 36.4 Å². The maximum absolute atomic E-state index is 12.3. The molecular formula is C22H20N2O2S. The minimum Gasteiger partial charge on any atom is -0.441 e. The number of carbonyl (C=O) groups is 1. The monoisotopic (exact) mass is 376 g/mol. The van der Waals surface area contributed by atoms with Crippen molar-refractivity contribution in [1.82, 2.24) is 10.3 Å². The van der Waals surface area contributed by atoms with E-state index in [1.165, 1.54) is 15.6 Å². The molecule has 0 saturated carbocycles. The van der Waals surface area contributed by atoms with E-state index in [4.69, 9.17) is 4.42 Å². The minimum absolute atomic E-state index is 0.0365. The third-order valence-electron chi connectivity index (χ3n) is 4.52. The largest absolute Gasteiger partial charge is 0.441 e. The average Bonchev–Trinajstić information content (AvgIpc) is 3.27. The SMILES string of the molecule is Cc1oc(-c2ccccc2)nc1CC(=O)NCCc1csc2ccccc12. The molecule has 1 amide bonds. The van der Waals surface area contributed by atoms with E-state index in [-0.39, 0.29) is 12.3 Å². The van der Waals surface area contributed by atoms with Crippen LogP contribution in [0.3, 0.4) is 0 Å². The summed E-state index contributed by atoms with van der Waals surface area (Å²) in [7, 11) is 0. The fraction of sp³-hybridized carbons (Fsp3) is 0.182. The number of hydrogen-bond donors (Lipinski definition) is 1. The molecule has 0 unspecified atom stereocenters. The Morgan fingerprint density at radius 1 is 1.11 bits per heavy atom. The number of nitrogens with one attached hydrogen (secondary N) is 1. The van der Waals surface area contributed by atoms with E-state index in [9.17, 15) is 4.79 Å². The van der Waals surface area contributed by atoms with E-state index in [0.717, 1.165) is 12.0 Å². The summed E-state index contributed by atoms with van der Waals surface area (Å²) in [5.41, 5.74) is 2.88. The molecule has 0 radical (unpaired) electrons. The lowest BCUT2D eigenvalue weighted by molar-refractivity contribution is -0.120. The second kappa shape index (κ2) is 7.76. The zero-order valence-corrected chi connectivity index (χ0v) is 15.9. The molecule has 4 aromatic rings. The molecule has 0 atom stereocenters. The number of carbonyl (C=O) groups excluding carboxylic acids is 1. The van der Waals surface area contributed by atoms with Gasteiger partial charge in [-0.15, -0.1) is 11.3 Å². The first-order chi connectivity index (χ1) is 13.2. The first-order valence-electron chi connectivity index (χ1n) is 8.94. The summed E-state index contributed by atoms with van der Waals surface area (Å²) in [6.45, 7) is 2.46. The van der Waals surface area contributed by atoms with Gasteiger partial charge < -0.3 is 9.73 Å². The molecule has 4 nitrogen and oxygen atoms in total. The molecule has 5 heteroatoms. The van der Waals surface area contributed by atoms with Crippen LogP contribution in [-0.2, 0) is 17.6 Å². The summed E-state index contributed by atoms with van der Waals surface area (Å²) in [4.78, 5) is 16.8. The predicted molar refractivity (Wildman–Crippen MR) is 109 cm³/mol. The smallest absolute Gasteiger partial charge is 0.226 e. The van der Waals surface area contributed by atoms with Gasteiger partial charge in [-0.2, -0.15) is 0 Å². The number of rotatable bonds is 6. The molecule has 136 valence electrons. The van der Waals surface area contributed by atoms with Crippen molar-refractivity contribution < 1.29 is 9.21 Å². The van der Waals surface area contributed by atoms with Gasteiger partial charge in [0.2, 0.25) is 11.8 Å². The van der Waals surface area contributed by atoms with Crippen LogP contribution in [0.2, 0.25) is 0 Å². The number of oxazole rings is 1. The van der Waals surface area contributed by atoms with Crippen molar-refractivity contribution >= 4 is 27.3 Å². The van der Waals surface area contributed by atoms with Crippen LogP contribution in [0.25, 0.3) is 21.5 Å². The summed E-state index contributed by atoms with van der Waals surface area (Å²) in [6.07, 6.45) is 1.05. The lowest BCUT2D eigenvalue weighted by Gasteiger charge is -2.04. The zero-order chi connectivity index (χ0) is 18.6. The number of hydrogen-bond acceptors (Lipinski definition) is 4. The second-order valence-electron chi connectivity index (χ2n) is 6.42. The van der Waals surface area contributed by atoms with E-state index in [1.807, 2.05) is 43.3 Å². The molecule has 0 fully saturated rings. The number of fused-ring (bicyclic) bond motifs is 1. The summed E-state index contributed by atoms with van der Waals surface area (Å²) >= 11 is 1.74. The molecular weight excluding hydrogens is 356 g/mol. The highest BCUT2D eigenvalue weighted by molar-refractivity contribution is 7.17. The fourth-order valence-electron chi connectivity index (χ4n) is 3.07. The highest BCUT2D eigenvalue weighted by Crippen LogP contribution is 2.25. The second-order valence-corrected chi connectivity index (χ2v) is 7.33. The van der Waals surface area contributed by atoms with Crippen molar-refractivity contribution in [2.45, 2.75) is 19.8 Å². The Hall–Kier alpha value is -2.92. The Morgan fingerprint density at radius 2 is 1.89 bits per heavy atom. The van der Waals surface area contributed by atoms with Gasteiger partial charge in [0.05, 0.1) is 12.1 Å². The normalized spacial score (nSPS) is 11.0. The molecule has 0 bridgehead atoms. The standard InChI is InChI=1S/C22H20N2O2S/c1-15-19(24-22(26-15)16-7-3-2-4-8-16)13-21(25)23-12-11-17-14-27-20-10-6-5-9-18(17)20/h2-10,14H,11-13H2,1H3,(H,23,25). The van der Waals surface area contributed by atoms with E-state index in [2.05, 4.69) is 33.9 Å². The maximum atomic E-state index is 12.3. The van der Waals surface area contributed by atoms with E-state index >= 15 is 0 Å². The van der Waals surface area contributed by atoms with Gasteiger partial charge in [-0.25, -0.2) is 4.98 Å². The van der Waals surface area contributed by atoms with Crippen molar-refractivity contribution in [3.8, 4) is 11.5 Å². The third kappa shape index (κ3) is 3.93. The van der Waals surface area contributed by atoms with Crippen LogP contribution >= 0.6 is 11.3 Å². The van der Waals surface area contributed by atoms with Gasteiger partial charge in [-0.05, 0) is 47.9 Å². The number of aromatic nitrogens is 1. The molecule has 4 rings (SSSR count). The zero-order valence-electron chi connectivity index (χ0n) is 15.1. The molecule has 27 heavy (non-hydrogen) atoms. The van der Waals surface area contributed by atoms with Crippen molar-refractivity contribution in [2.24, 2.45) is 0 Å². The Bertz CT molecular complexity index is 1070. The fourth-order valence-corrected chi connectivity index (χ4v) is 4.07. The van der Waals surface area contributed by atoms with Crippen LogP contribution in [0.5, 0.6) is 0 Å². The predicted octanol–water partition coefficient (Wildman–Crippen LogP) is 4.77. The first-order valence-corrected chi connectivity index (χ1v) is 9.82. The van der Waals surface area contributed by atoms with Crippen molar-refractivity contribution in [2.75, 3.05) is 6.54 Å². The molecule has 1 N–H and O–H groups in total. The van der Waals surface area contributed by atoms with Gasteiger partial charge in [0.1, 0.15) is 5.76 Å². The molecule has 2 heterocycles. The van der Waals surface area contributed by atoms with Gasteiger partial charge in [0.15, 0.2) is 0 Å². The Labute approximate surface area is 161 Å². The van der Waals surface area contributed by atoms with E-state index in [0.29, 0.717) is 23.9 Å². The highest BCUT2D eigenvalue weighted by Gasteiger charge is 2.14. The summed E-state index contributed by atoms with van der Waals surface area (Å²) < 4.78 is 7.01. The molecule has 0 aliphatic rings. The highest BCUT2D eigenvalue weighted by atomic mass is 32.1. The quantitative estimate of drug-likeness (QED) is 0.527. The lowest BCUT2D eigenvalue weighted by atomic mass is 10.1. The maximum Gasteiger partial charge on any atom is 0.226 e. The number of benzene rings is 2. The summed E-state index contributed by atoms with van der Waals surface area (Å²) in [5.74, 6) is 1.21. The molecule has 0 spiro atoms. The van der Waals surface area contributed by atoms with Crippen LogP contribution in [0.1, 0.15) is 17.0 Å². The van der Waals surface area contributed by atoms with Crippen LogP contribution in [0, 0.1) is 6.92 Å². The van der Waals surface area contributed by atoms with Crippen LogP contribution in [0.4, 0.5) is 0 Å². The lowest BCUT2D eigenvalue weighted by Crippen LogP contribution is -2.27. The molecule has 2 aromatic carbocycles. The number of thiophene rings is 1. The van der Waals surface area contributed by atoms with E-state index < -0.39 is 0 Å². The Balaban J connectivity index is 1.35.